The number of halogens is 5. The molecule has 39 heavy (non-hydrogen) atoms. The Morgan fingerprint density at radius 2 is 1.67 bits per heavy atom. The van der Waals surface area contributed by atoms with E-state index in [1.165, 1.54) is 24.3 Å². The van der Waals surface area contributed by atoms with Gasteiger partial charge in [-0.3, -0.25) is 4.79 Å². The van der Waals surface area contributed by atoms with E-state index in [9.17, 15) is 36.8 Å². The molecule has 0 aromatic heterocycles. The molecule has 2 amide bonds. The van der Waals surface area contributed by atoms with Crippen molar-refractivity contribution in [3.05, 3.63) is 71.3 Å². The van der Waals surface area contributed by atoms with E-state index in [0.29, 0.717) is 51.8 Å². The van der Waals surface area contributed by atoms with Crippen LogP contribution in [0.1, 0.15) is 36.8 Å². The highest BCUT2D eigenvalue weighted by atomic mass is 19.4. The van der Waals surface area contributed by atoms with Gasteiger partial charge in [-0.15, -0.1) is 0 Å². The Labute approximate surface area is 223 Å². The number of hydrogen-bond donors (Lipinski definition) is 2. The molecule has 4 rings (SSSR count). The van der Waals surface area contributed by atoms with Crippen molar-refractivity contribution >= 4 is 12.5 Å². The maximum atomic E-state index is 13.3. The highest BCUT2D eigenvalue weighted by Crippen LogP contribution is 2.44. The summed E-state index contributed by atoms with van der Waals surface area (Å²) in [6, 6.07) is 12.7. The number of likely N-dealkylation sites (N-methyl/N-ethyl adjacent to an activating group) is 1. The number of carbonyl (C=O) groups excluding carboxylic acids is 2. The first kappa shape index (κ1) is 31.5. The van der Waals surface area contributed by atoms with Crippen LogP contribution in [0.2, 0.25) is 0 Å². The highest BCUT2D eigenvalue weighted by Gasteiger charge is 2.43. The van der Waals surface area contributed by atoms with Gasteiger partial charge in [-0.1, -0.05) is 30.3 Å². The molecule has 2 aromatic carbocycles. The zero-order chi connectivity index (χ0) is 28.9. The van der Waals surface area contributed by atoms with Crippen LogP contribution in [0.5, 0.6) is 0 Å². The van der Waals surface area contributed by atoms with E-state index in [0.717, 1.165) is 24.7 Å². The standard InChI is InChI=1S/C17H20F3N3O.C6H4F2.C4H7NO2/c18-17(19,20)15-4-2-1-3-14(15)16(11-21)7-5-13(6-8-16)23-10-9-22-12-24;7-5-3-1-2-4-6(5)8;1-5-2-3-7-4(5)6/h1-4,12-13,23H,5-10H2,(H,22,24);1-4H;2-3H2,1H3. The van der Waals surface area contributed by atoms with E-state index in [-0.39, 0.29) is 17.7 Å². The number of cyclic esters (lactones) is 1. The van der Waals surface area contributed by atoms with Gasteiger partial charge in [-0.2, -0.15) is 18.4 Å². The minimum atomic E-state index is -4.46. The first-order chi connectivity index (χ1) is 18.5. The molecular weight excluding hydrogens is 523 g/mol. The van der Waals surface area contributed by atoms with Gasteiger partial charge in [0.1, 0.15) is 6.61 Å². The number of alkyl halides is 3. The maximum Gasteiger partial charge on any atom is 0.416 e. The van der Waals surface area contributed by atoms with Crippen molar-refractivity contribution in [2.45, 2.75) is 43.3 Å². The van der Waals surface area contributed by atoms with Crippen molar-refractivity contribution in [2.24, 2.45) is 0 Å². The summed E-state index contributed by atoms with van der Waals surface area (Å²) in [5.74, 6) is -1.60. The monoisotopic (exact) mass is 554 g/mol. The Hall–Kier alpha value is -3.72. The quantitative estimate of drug-likeness (QED) is 0.305. The van der Waals surface area contributed by atoms with E-state index in [1.54, 1.807) is 18.0 Å². The average molecular weight is 555 g/mol. The lowest BCUT2D eigenvalue weighted by Gasteiger charge is -2.37. The lowest BCUT2D eigenvalue weighted by Crippen LogP contribution is -2.42. The number of nitrogens with zero attached hydrogens (tertiary/aromatic N) is 2. The van der Waals surface area contributed by atoms with Crippen molar-refractivity contribution in [1.29, 1.82) is 5.26 Å². The topological polar surface area (TPSA) is 94.5 Å². The van der Waals surface area contributed by atoms with Crippen molar-refractivity contribution in [1.82, 2.24) is 15.5 Å². The first-order valence-corrected chi connectivity index (χ1v) is 12.3. The van der Waals surface area contributed by atoms with E-state index in [4.69, 9.17) is 0 Å². The lowest BCUT2D eigenvalue weighted by molar-refractivity contribution is -0.138. The first-order valence-electron chi connectivity index (χ1n) is 12.3. The zero-order valence-electron chi connectivity index (χ0n) is 21.4. The van der Waals surface area contributed by atoms with Gasteiger partial charge in [0.2, 0.25) is 6.41 Å². The normalized spacial score (nSPS) is 20.4. The molecule has 2 aliphatic rings. The van der Waals surface area contributed by atoms with E-state index in [2.05, 4.69) is 21.4 Å². The molecule has 2 aromatic rings. The molecule has 0 bridgehead atoms. The molecule has 1 heterocycles. The van der Waals surface area contributed by atoms with Gasteiger partial charge in [0.25, 0.3) is 0 Å². The summed E-state index contributed by atoms with van der Waals surface area (Å²) < 4.78 is 68.2. The summed E-state index contributed by atoms with van der Waals surface area (Å²) in [7, 11) is 1.72. The van der Waals surface area contributed by atoms with Crippen LogP contribution >= 0.6 is 0 Å². The van der Waals surface area contributed by atoms with Gasteiger partial charge in [-0.25, -0.2) is 13.6 Å². The molecule has 212 valence electrons. The van der Waals surface area contributed by atoms with Crippen molar-refractivity contribution in [2.75, 3.05) is 33.3 Å². The van der Waals surface area contributed by atoms with Crippen LogP contribution in [0.15, 0.2) is 48.5 Å². The number of ether oxygens (including phenoxy) is 1. The summed E-state index contributed by atoms with van der Waals surface area (Å²) in [5, 5.41) is 15.4. The van der Waals surface area contributed by atoms with E-state index >= 15 is 0 Å². The molecule has 1 aliphatic carbocycles. The van der Waals surface area contributed by atoms with Crippen molar-refractivity contribution < 1.29 is 36.3 Å². The summed E-state index contributed by atoms with van der Waals surface area (Å²) >= 11 is 0. The fourth-order valence-corrected chi connectivity index (χ4v) is 4.22. The molecule has 0 spiro atoms. The Balaban J connectivity index is 0.000000286. The van der Waals surface area contributed by atoms with E-state index in [1.807, 2.05) is 0 Å². The van der Waals surface area contributed by atoms with Gasteiger partial charge >= 0.3 is 12.3 Å². The Morgan fingerprint density at radius 1 is 1.08 bits per heavy atom. The van der Waals surface area contributed by atoms with Crippen molar-refractivity contribution in [3.8, 4) is 6.07 Å². The Morgan fingerprint density at radius 3 is 2.10 bits per heavy atom. The van der Waals surface area contributed by atoms with Gasteiger partial charge in [0, 0.05) is 26.2 Å². The molecule has 12 heteroatoms. The third-order valence-electron chi connectivity index (χ3n) is 6.38. The highest BCUT2D eigenvalue weighted by molar-refractivity contribution is 5.68. The molecule has 1 saturated carbocycles. The van der Waals surface area contributed by atoms with Crippen LogP contribution in [0.3, 0.4) is 0 Å². The Bertz CT molecular complexity index is 1090. The third-order valence-corrected chi connectivity index (χ3v) is 6.38. The van der Waals surface area contributed by atoms with Gasteiger partial charge in [-0.05, 0) is 49.4 Å². The molecule has 0 unspecified atom stereocenters. The molecule has 1 aliphatic heterocycles. The molecule has 2 fully saturated rings. The number of carbonyl (C=O) groups is 2. The molecule has 0 radical (unpaired) electrons. The SMILES string of the molecule is CN1CCOC1=O.Fc1ccccc1F.N#CC1(c2ccccc2C(F)(F)F)CCC(NCCNC=O)CC1. The molecule has 0 atom stereocenters. The van der Waals surface area contributed by atoms with Crippen LogP contribution < -0.4 is 10.6 Å². The summed E-state index contributed by atoms with van der Waals surface area (Å²) in [6.45, 7) is 2.39. The summed E-state index contributed by atoms with van der Waals surface area (Å²) in [4.78, 5) is 22.0. The van der Waals surface area contributed by atoms with Gasteiger partial charge < -0.3 is 20.3 Å². The molecule has 1 saturated heterocycles. The zero-order valence-corrected chi connectivity index (χ0v) is 21.4. The van der Waals surface area contributed by atoms with Crippen LogP contribution in [0.4, 0.5) is 26.7 Å². The predicted molar refractivity (Wildman–Crippen MR) is 133 cm³/mol. The van der Waals surface area contributed by atoms with Crippen LogP contribution in [-0.4, -0.2) is 56.7 Å². The fourth-order valence-electron chi connectivity index (χ4n) is 4.22. The number of nitriles is 1. The molecular formula is C27H31F5N4O3. The van der Waals surface area contributed by atoms with Crippen LogP contribution in [-0.2, 0) is 21.1 Å². The minimum absolute atomic E-state index is 0.0843. The smallest absolute Gasteiger partial charge is 0.416 e. The van der Waals surface area contributed by atoms with E-state index < -0.39 is 28.8 Å². The maximum absolute atomic E-state index is 13.3. The Kier molecular flexibility index (Phi) is 12.1. The second-order valence-electron chi connectivity index (χ2n) is 8.99. The second-order valence-corrected chi connectivity index (χ2v) is 8.99. The van der Waals surface area contributed by atoms with Crippen LogP contribution in [0.25, 0.3) is 0 Å². The third kappa shape index (κ3) is 9.51. The number of benzene rings is 2. The average Bonchev–Trinajstić information content (AvgIpc) is 3.31. The van der Waals surface area contributed by atoms with Crippen LogP contribution in [0, 0.1) is 23.0 Å². The minimum Gasteiger partial charge on any atom is -0.448 e. The second kappa shape index (κ2) is 15.0. The fraction of sp³-hybridized carbons (Fsp3) is 0.444. The van der Waals surface area contributed by atoms with Gasteiger partial charge in [0.15, 0.2) is 11.6 Å². The summed E-state index contributed by atoms with van der Waals surface area (Å²) in [5.41, 5.74) is -1.72. The number of hydrogen-bond acceptors (Lipinski definition) is 5. The molecule has 7 nitrogen and oxygen atoms in total. The number of nitrogens with one attached hydrogen (secondary N) is 2. The lowest BCUT2D eigenvalue weighted by atomic mass is 9.68. The predicted octanol–water partition coefficient (Wildman–Crippen LogP) is 4.78. The van der Waals surface area contributed by atoms with Crippen molar-refractivity contribution in [3.63, 3.8) is 0 Å². The number of amides is 2. The summed E-state index contributed by atoms with van der Waals surface area (Å²) in [6.07, 6.45) is -2.03. The largest absolute Gasteiger partial charge is 0.448 e. The number of rotatable bonds is 6. The van der Waals surface area contributed by atoms with Gasteiger partial charge in [0.05, 0.1) is 23.6 Å². The molecule has 2 N–H and O–H groups in total.